The number of halogens is 1. The third kappa shape index (κ3) is 3.72. The van der Waals surface area contributed by atoms with Crippen LogP contribution in [0.4, 0.5) is 0 Å². The second kappa shape index (κ2) is 8.24. The summed E-state index contributed by atoms with van der Waals surface area (Å²) in [7, 11) is 1.55. The van der Waals surface area contributed by atoms with E-state index in [1.165, 1.54) is 0 Å². The van der Waals surface area contributed by atoms with Gasteiger partial charge in [-0.3, -0.25) is 0 Å². The number of carbonyl (C=O) groups excluding carboxylic acids is 1. The Bertz CT molecular complexity index is 1180. The summed E-state index contributed by atoms with van der Waals surface area (Å²) in [5, 5.41) is 10.8. The van der Waals surface area contributed by atoms with Crippen LogP contribution in [-0.4, -0.2) is 34.3 Å². The van der Waals surface area contributed by atoms with Crippen LogP contribution in [-0.2, 0) is 29.2 Å². The van der Waals surface area contributed by atoms with Crippen LogP contribution in [0.5, 0.6) is 0 Å². The van der Waals surface area contributed by atoms with E-state index in [1.54, 1.807) is 35.9 Å². The maximum atomic E-state index is 12.7. The molecular formula is C21H19ClN2O5. The highest BCUT2D eigenvalue weighted by Gasteiger charge is 2.22. The molecule has 1 N–H and O–H groups in total. The van der Waals surface area contributed by atoms with Crippen LogP contribution >= 0.6 is 11.6 Å². The molecule has 0 bridgehead atoms. The van der Waals surface area contributed by atoms with Crippen LogP contribution in [0.25, 0.3) is 22.0 Å². The molecule has 0 aliphatic rings. The molecule has 4 rings (SSSR count). The number of hydrogen-bond acceptors (Lipinski definition) is 6. The van der Waals surface area contributed by atoms with Crippen LogP contribution in [0.1, 0.15) is 21.9 Å². The van der Waals surface area contributed by atoms with Crippen molar-refractivity contribution in [3.63, 3.8) is 0 Å². The fourth-order valence-electron chi connectivity index (χ4n) is 3.35. The fourth-order valence-corrected chi connectivity index (χ4v) is 3.52. The lowest BCUT2D eigenvalue weighted by Crippen LogP contribution is -2.12. The van der Waals surface area contributed by atoms with Gasteiger partial charge in [-0.1, -0.05) is 29.8 Å². The molecule has 29 heavy (non-hydrogen) atoms. The molecule has 2 aromatic heterocycles. The highest BCUT2D eigenvalue weighted by Crippen LogP contribution is 2.28. The minimum absolute atomic E-state index is 0.0748. The van der Waals surface area contributed by atoms with Crippen LogP contribution in [0, 0.1) is 0 Å². The minimum Gasteiger partial charge on any atom is -0.452 e. The van der Waals surface area contributed by atoms with E-state index in [0.29, 0.717) is 34.1 Å². The zero-order valence-electron chi connectivity index (χ0n) is 15.7. The van der Waals surface area contributed by atoms with Gasteiger partial charge in [0.2, 0.25) is 5.76 Å². The summed E-state index contributed by atoms with van der Waals surface area (Å²) in [6, 6.07) is 12.6. The standard InChI is InChI=1S/C21H19ClN2O5/c1-27-11-15-14-4-2-3-5-18(14)29-20(15)21(26)28-12-19-23-16-7-6-13(22)10-17(16)24(19)8-9-25/h2-7,10,25H,8-9,11-12H2,1H3. The molecule has 4 aromatic rings. The second-order valence-corrected chi connectivity index (χ2v) is 6.89. The van der Waals surface area contributed by atoms with E-state index in [-0.39, 0.29) is 25.6 Å². The van der Waals surface area contributed by atoms with E-state index in [2.05, 4.69) is 4.98 Å². The first-order valence-electron chi connectivity index (χ1n) is 9.04. The molecule has 0 atom stereocenters. The molecule has 8 heteroatoms. The Morgan fingerprint density at radius 2 is 2.07 bits per heavy atom. The van der Waals surface area contributed by atoms with E-state index >= 15 is 0 Å². The number of benzene rings is 2. The highest BCUT2D eigenvalue weighted by molar-refractivity contribution is 6.31. The van der Waals surface area contributed by atoms with E-state index < -0.39 is 5.97 Å². The van der Waals surface area contributed by atoms with Crippen LogP contribution in [0.2, 0.25) is 5.02 Å². The van der Waals surface area contributed by atoms with Gasteiger partial charge in [0.1, 0.15) is 18.0 Å². The Kier molecular flexibility index (Phi) is 5.53. The number of esters is 1. The van der Waals surface area contributed by atoms with Gasteiger partial charge < -0.3 is 23.6 Å². The van der Waals surface area contributed by atoms with Crippen molar-refractivity contribution in [1.82, 2.24) is 9.55 Å². The van der Waals surface area contributed by atoms with Crippen molar-refractivity contribution >= 4 is 39.6 Å². The molecular weight excluding hydrogens is 396 g/mol. The number of rotatable bonds is 7. The molecule has 0 spiro atoms. The maximum absolute atomic E-state index is 12.7. The maximum Gasteiger partial charge on any atom is 0.375 e. The lowest BCUT2D eigenvalue weighted by atomic mass is 10.1. The molecule has 7 nitrogen and oxygen atoms in total. The number of imidazole rings is 1. The van der Waals surface area contributed by atoms with Crippen molar-refractivity contribution in [3.05, 3.63) is 64.6 Å². The van der Waals surface area contributed by atoms with Gasteiger partial charge in [0.15, 0.2) is 0 Å². The molecule has 0 fully saturated rings. The van der Waals surface area contributed by atoms with Gasteiger partial charge >= 0.3 is 5.97 Å². The number of hydrogen-bond donors (Lipinski definition) is 1. The topological polar surface area (TPSA) is 86.7 Å². The van der Waals surface area contributed by atoms with Crippen LogP contribution in [0.15, 0.2) is 46.9 Å². The Morgan fingerprint density at radius 1 is 1.24 bits per heavy atom. The Hall–Kier alpha value is -2.87. The summed E-state index contributed by atoms with van der Waals surface area (Å²) in [6.45, 7) is 0.376. The third-order valence-electron chi connectivity index (χ3n) is 4.62. The number of methoxy groups -OCH3 is 1. The summed E-state index contributed by atoms with van der Waals surface area (Å²) >= 11 is 6.08. The molecule has 0 radical (unpaired) electrons. The summed E-state index contributed by atoms with van der Waals surface area (Å²) in [6.07, 6.45) is 0. The number of para-hydroxylation sites is 1. The Balaban J connectivity index is 1.63. The number of aliphatic hydroxyl groups is 1. The molecule has 0 aliphatic carbocycles. The first kappa shape index (κ1) is 19.4. The van der Waals surface area contributed by atoms with E-state index in [4.69, 9.17) is 25.5 Å². The summed E-state index contributed by atoms with van der Waals surface area (Å²) in [5.74, 6) is 0.0175. The molecule has 2 heterocycles. The van der Waals surface area contributed by atoms with Crippen molar-refractivity contribution in [2.75, 3.05) is 13.7 Å². The largest absolute Gasteiger partial charge is 0.452 e. The first-order chi connectivity index (χ1) is 14.1. The summed E-state index contributed by atoms with van der Waals surface area (Å²) < 4.78 is 18.2. The lowest BCUT2D eigenvalue weighted by Gasteiger charge is -2.08. The summed E-state index contributed by atoms with van der Waals surface area (Å²) in [4.78, 5) is 17.2. The number of carbonyl (C=O) groups is 1. The van der Waals surface area contributed by atoms with Crippen molar-refractivity contribution in [2.24, 2.45) is 0 Å². The number of aromatic nitrogens is 2. The lowest BCUT2D eigenvalue weighted by molar-refractivity contribution is 0.0418. The zero-order chi connectivity index (χ0) is 20.4. The second-order valence-electron chi connectivity index (χ2n) is 6.45. The monoisotopic (exact) mass is 414 g/mol. The van der Waals surface area contributed by atoms with Gasteiger partial charge in [-0.05, 0) is 24.3 Å². The van der Waals surface area contributed by atoms with Gasteiger partial charge in [0.25, 0.3) is 0 Å². The smallest absolute Gasteiger partial charge is 0.375 e. The van der Waals surface area contributed by atoms with Gasteiger partial charge in [-0.25, -0.2) is 9.78 Å². The Labute approximate surface area is 171 Å². The molecule has 0 unspecified atom stereocenters. The molecule has 2 aromatic carbocycles. The fraction of sp³-hybridized carbons (Fsp3) is 0.238. The Morgan fingerprint density at radius 3 is 2.86 bits per heavy atom. The van der Waals surface area contributed by atoms with Gasteiger partial charge in [0, 0.05) is 29.6 Å². The normalized spacial score (nSPS) is 11.4. The molecule has 150 valence electrons. The van der Waals surface area contributed by atoms with Crippen molar-refractivity contribution in [2.45, 2.75) is 19.8 Å². The van der Waals surface area contributed by atoms with Crippen LogP contribution < -0.4 is 0 Å². The summed E-state index contributed by atoms with van der Waals surface area (Å²) in [5.41, 5.74) is 2.71. The minimum atomic E-state index is -0.603. The van der Waals surface area contributed by atoms with Gasteiger partial charge in [-0.15, -0.1) is 0 Å². The number of ether oxygens (including phenoxy) is 2. The number of aliphatic hydroxyl groups excluding tert-OH is 1. The number of nitrogens with zero attached hydrogens (tertiary/aromatic N) is 2. The first-order valence-corrected chi connectivity index (χ1v) is 9.42. The average molecular weight is 415 g/mol. The number of fused-ring (bicyclic) bond motifs is 2. The molecule has 0 saturated carbocycles. The molecule has 0 aliphatic heterocycles. The highest BCUT2D eigenvalue weighted by atomic mass is 35.5. The average Bonchev–Trinajstić information content (AvgIpc) is 3.25. The predicted octanol–water partition coefficient (Wildman–Crippen LogP) is 3.93. The van der Waals surface area contributed by atoms with Crippen LogP contribution in [0.3, 0.4) is 0 Å². The van der Waals surface area contributed by atoms with E-state index in [0.717, 1.165) is 10.9 Å². The predicted molar refractivity (Wildman–Crippen MR) is 108 cm³/mol. The third-order valence-corrected chi connectivity index (χ3v) is 4.85. The quantitative estimate of drug-likeness (QED) is 0.461. The molecule has 0 amide bonds. The van der Waals surface area contributed by atoms with Gasteiger partial charge in [0.05, 0.1) is 24.2 Å². The van der Waals surface area contributed by atoms with Gasteiger partial charge in [-0.2, -0.15) is 0 Å². The van der Waals surface area contributed by atoms with Crippen molar-refractivity contribution in [3.8, 4) is 0 Å². The molecule has 0 saturated heterocycles. The number of furan rings is 1. The van der Waals surface area contributed by atoms with Crippen molar-refractivity contribution < 1.29 is 23.8 Å². The van der Waals surface area contributed by atoms with E-state index in [1.807, 2.05) is 18.2 Å². The van der Waals surface area contributed by atoms with Crippen molar-refractivity contribution in [1.29, 1.82) is 0 Å². The SMILES string of the molecule is COCc1c(C(=O)OCc2nc3ccc(Cl)cc3n2CCO)oc2ccccc12. The zero-order valence-corrected chi connectivity index (χ0v) is 16.5. The van der Waals surface area contributed by atoms with E-state index in [9.17, 15) is 9.90 Å².